The summed E-state index contributed by atoms with van der Waals surface area (Å²) in [5.74, 6) is 1.10. The van der Waals surface area contributed by atoms with E-state index < -0.39 is 11.4 Å². The van der Waals surface area contributed by atoms with E-state index in [-0.39, 0.29) is 22.4 Å². The molecule has 0 saturated heterocycles. The van der Waals surface area contributed by atoms with Gasteiger partial charge in [-0.15, -0.1) is 0 Å². The van der Waals surface area contributed by atoms with E-state index >= 15 is 0 Å². The van der Waals surface area contributed by atoms with Crippen molar-refractivity contribution >= 4 is 11.4 Å². The summed E-state index contributed by atoms with van der Waals surface area (Å²) < 4.78 is 24.7. The standard InChI is InChI=1S/C8H18O3S.C8H17.Ag/c1-3-5-6-8(4-2)7-11-12(9)10;1-4-6-7-8(3)5-2;/h8H,3-7H2,1-2H3,(H,9,10);8H,3-7H2,1-2H3;/q;-1;/p-1. The second kappa shape index (κ2) is 20.8. The van der Waals surface area contributed by atoms with E-state index in [0.717, 1.165) is 25.7 Å². The molecule has 135 valence electrons. The van der Waals surface area contributed by atoms with Gasteiger partial charge in [0.25, 0.3) is 0 Å². The fourth-order valence-electron chi connectivity index (χ4n) is 1.75. The van der Waals surface area contributed by atoms with Crippen molar-refractivity contribution in [3.05, 3.63) is 6.92 Å². The molecule has 0 N–H and O–H groups in total. The molecule has 0 aromatic heterocycles. The zero-order valence-corrected chi connectivity index (χ0v) is 16.5. The smallest absolute Gasteiger partial charge is 0.0842 e. The van der Waals surface area contributed by atoms with Crippen molar-refractivity contribution in [2.75, 3.05) is 6.61 Å². The third-order valence-electron chi connectivity index (χ3n) is 3.49. The van der Waals surface area contributed by atoms with E-state index in [1.54, 1.807) is 0 Å². The van der Waals surface area contributed by atoms with E-state index in [9.17, 15) is 8.76 Å². The molecular formula is C16H34AgO3S-2. The van der Waals surface area contributed by atoms with E-state index in [1.165, 1.54) is 25.7 Å². The van der Waals surface area contributed by atoms with Gasteiger partial charge < -0.3 is 15.7 Å². The first-order chi connectivity index (χ1) is 9.51. The maximum Gasteiger partial charge on any atom is 0.0842 e. The fourth-order valence-corrected chi connectivity index (χ4v) is 2.05. The van der Waals surface area contributed by atoms with Crippen LogP contribution in [0, 0.1) is 18.8 Å². The monoisotopic (exact) mass is 413 g/mol. The quantitative estimate of drug-likeness (QED) is 0.270. The molecule has 0 aromatic carbocycles. The molecule has 0 rings (SSSR count). The molecular weight excluding hydrogens is 380 g/mol. The number of rotatable bonds is 11. The summed E-state index contributed by atoms with van der Waals surface area (Å²) >= 11 is -2.34. The van der Waals surface area contributed by atoms with Crippen molar-refractivity contribution in [3.8, 4) is 0 Å². The van der Waals surface area contributed by atoms with E-state index in [1.807, 2.05) is 0 Å². The van der Waals surface area contributed by atoms with Gasteiger partial charge in [-0.1, -0.05) is 72.6 Å². The minimum absolute atomic E-state index is 0. The summed E-state index contributed by atoms with van der Waals surface area (Å²) in [7, 11) is 0. The molecule has 0 aliphatic carbocycles. The topological polar surface area (TPSA) is 49.4 Å². The van der Waals surface area contributed by atoms with Crippen molar-refractivity contribution in [3.63, 3.8) is 0 Å². The Morgan fingerprint density at radius 2 is 1.57 bits per heavy atom. The Morgan fingerprint density at radius 3 is 1.95 bits per heavy atom. The van der Waals surface area contributed by atoms with Crippen molar-refractivity contribution in [1.82, 2.24) is 0 Å². The molecule has 0 aliphatic rings. The minimum atomic E-state index is -2.34. The van der Waals surface area contributed by atoms with Gasteiger partial charge >= 0.3 is 0 Å². The molecule has 0 spiro atoms. The van der Waals surface area contributed by atoms with Gasteiger partial charge in [0.2, 0.25) is 0 Å². The average molecular weight is 414 g/mol. The van der Waals surface area contributed by atoms with Crippen LogP contribution in [0.2, 0.25) is 0 Å². The second-order valence-corrected chi connectivity index (χ2v) is 5.97. The van der Waals surface area contributed by atoms with Gasteiger partial charge in [0, 0.05) is 22.4 Å². The van der Waals surface area contributed by atoms with Gasteiger partial charge in [0.15, 0.2) is 0 Å². The third kappa shape index (κ3) is 23.2. The van der Waals surface area contributed by atoms with Crippen LogP contribution in [0.4, 0.5) is 0 Å². The predicted octanol–water partition coefficient (Wildman–Crippen LogP) is 5.05. The molecule has 0 saturated carbocycles. The SMILES string of the molecule is CCCCC(CC)COS(=O)[O-].[Ag].[CH2-]C(CC)CCCC. The molecule has 3 nitrogen and oxygen atoms in total. The molecule has 0 bridgehead atoms. The summed E-state index contributed by atoms with van der Waals surface area (Å²) in [5.41, 5.74) is 0. The maximum atomic E-state index is 10.1. The van der Waals surface area contributed by atoms with Crippen LogP contribution in [0.3, 0.4) is 0 Å². The molecule has 3 atom stereocenters. The second-order valence-electron chi connectivity index (χ2n) is 5.32. The van der Waals surface area contributed by atoms with Crippen LogP contribution >= 0.6 is 0 Å². The van der Waals surface area contributed by atoms with Gasteiger partial charge in [-0.05, 0) is 12.3 Å². The van der Waals surface area contributed by atoms with Crippen molar-refractivity contribution in [1.29, 1.82) is 0 Å². The Labute approximate surface area is 151 Å². The minimum Gasteiger partial charge on any atom is -0.750 e. The van der Waals surface area contributed by atoms with Crippen LogP contribution in [-0.4, -0.2) is 15.4 Å². The first-order valence-electron chi connectivity index (χ1n) is 8.07. The van der Waals surface area contributed by atoms with Crippen molar-refractivity contribution in [2.45, 2.75) is 79.1 Å². The molecule has 0 heterocycles. The van der Waals surface area contributed by atoms with E-state index in [4.69, 9.17) is 0 Å². The van der Waals surface area contributed by atoms with Crippen LogP contribution < -0.4 is 0 Å². The summed E-state index contributed by atoms with van der Waals surface area (Å²) in [6.45, 7) is 12.9. The molecule has 0 fully saturated rings. The first-order valence-corrected chi connectivity index (χ1v) is 9.07. The number of hydrogen-bond donors (Lipinski definition) is 0. The molecule has 0 amide bonds. The Hall–Kier alpha value is 0.810. The molecule has 21 heavy (non-hydrogen) atoms. The van der Waals surface area contributed by atoms with Gasteiger partial charge in [-0.2, -0.15) is 5.92 Å². The summed E-state index contributed by atoms with van der Waals surface area (Å²) in [6, 6.07) is 0. The van der Waals surface area contributed by atoms with E-state index in [0.29, 0.717) is 18.4 Å². The van der Waals surface area contributed by atoms with Gasteiger partial charge in [0.1, 0.15) is 0 Å². The molecule has 0 aromatic rings. The molecule has 0 aliphatic heterocycles. The Bertz CT molecular complexity index is 216. The largest absolute Gasteiger partial charge is 0.750 e. The summed E-state index contributed by atoms with van der Waals surface area (Å²) in [4.78, 5) is 0. The van der Waals surface area contributed by atoms with Crippen LogP contribution in [0.5, 0.6) is 0 Å². The zero-order chi connectivity index (χ0) is 15.8. The molecule has 5 heteroatoms. The van der Waals surface area contributed by atoms with Gasteiger partial charge in [0.05, 0.1) is 18.0 Å². The Balaban J connectivity index is -0.000000317. The normalized spacial score (nSPS) is 14.4. The van der Waals surface area contributed by atoms with Gasteiger partial charge in [-0.3, -0.25) is 0 Å². The number of hydrogen-bond acceptors (Lipinski definition) is 3. The molecule has 3 unspecified atom stereocenters. The first kappa shape index (κ1) is 26.7. The average Bonchev–Trinajstić information content (AvgIpc) is 2.45. The Morgan fingerprint density at radius 1 is 1.05 bits per heavy atom. The fraction of sp³-hybridized carbons (Fsp3) is 0.938. The van der Waals surface area contributed by atoms with E-state index in [2.05, 4.69) is 38.8 Å². The molecule has 1 radical (unpaired) electrons. The Kier molecular flexibility index (Phi) is 26.5. The third-order valence-corrected chi connectivity index (χ3v) is 3.82. The summed E-state index contributed by atoms with van der Waals surface area (Å²) in [5, 5.41) is 0. The van der Waals surface area contributed by atoms with Crippen molar-refractivity contribution in [2.24, 2.45) is 11.8 Å². The van der Waals surface area contributed by atoms with Crippen LogP contribution in [0.15, 0.2) is 0 Å². The van der Waals surface area contributed by atoms with Crippen LogP contribution in [-0.2, 0) is 37.9 Å². The van der Waals surface area contributed by atoms with Crippen molar-refractivity contribution < 1.29 is 35.3 Å². The zero-order valence-electron chi connectivity index (χ0n) is 14.2. The predicted molar refractivity (Wildman–Crippen MR) is 86.8 cm³/mol. The van der Waals surface area contributed by atoms with Gasteiger partial charge in [-0.25, -0.2) is 4.21 Å². The maximum absolute atomic E-state index is 10.1. The number of unbranched alkanes of at least 4 members (excludes halogenated alkanes) is 2. The van der Waals surface area contributed by atoms with Crippen LogP contribution in [0.25, 0.3) is 0 Å². The summed E-state index contributed by atoms with van der Waals surface area (Å²) in [6.07, 6.45) is 9.55. The van der Waals surface area contributed by atoms with Crippen LogP contribution in [0.1, 0.15) is 79.1 Å².